The van der Waals surface area contributed by atoms with Crippen molar-refractivity contribution in [3.8, 4) is 12.3 Å². The Kier molecular flexibility index (Phi) is 4.77. The van der Waals surface area contributed by atoms with E-state index >= 15 is 0 Å². The van der Waals surface area contributed by atoms with Crippen LogP contribution >= 0.6 is 0 Å². The summed E-state index contributed by atoms with van der Waals surface area (Å²) in [7, 11) is 0. The van der Waals surface area contributed by atoms with Crippen LogP contribution in [0, 0.1) is 52.8 Å². The summed E-state index contributed by atoms with van der Waals surface area (Å²) in [6.07, 6.45) is 21.9. The van der Waals surface area contributed by atoms with E-state index in [1.54, 1.807) is 5.57 Å². The maximum Gasteiger partial charge on any atom is 0.0650 e. The average Bonchev–Trinajstić information content (AvgIpc) is 3.32. The van der Waals surface area contributed by atoms with Crippen molar-refractivity contribution in [2.24, 2.45) is 40.4 Å². The van der Waals surface area contributed by atoms with Crippen LogP contribution in [-0.4, -0.2) is 21.9 Å². The summed E-state index contributed by atoms with van der Waals surface area (Å²) in [4.78, 5) is 0. The molecule has 0 spiro atoms. The molecule has 4 fully saturated rings. The second-order valence-corrected chi connectivity index (χ2v) is 11.9. The lowest BCUT2D eigenvalue weighted by Gasteiger charge is -2.58. The molecule has 0 aromatic rings. The van der Waals surface area contributed by atoms with Gasteiger partial charge in [0.25, 0.3) is 0 Å². The summed E-state index contributed by atoms with van der Waals surface area (Å²) in [5, 5.41) is 20.5. The van der Waals surface area contributed by atoms with E-state index in [2.05, 4.69) is 25.8 Å². The van der Waals surface area contributed by atoms with Crippen LogP contribution in [0.15, 0.2) is 11.6 Å². The largest absolute Gasteiger partial charge is 0.393 e. The zero-order chi connectivity index (χ0) is 20.4. The van der Waals surface area contributed by atoms with Gasteiger partial charge in [-0.2, -0.15) is 0 Å². The number of hydrogen-bond acceptors (Lipinski definition) is 2. The van der Waals surface area contributed by atoms with Crippen LogP contribution in [0.4, 0.5) is 0 Å². The van der Waals surface area contributed by atoms with Crippen LogP contribution in [0.5, 0.6) is 0 Å². The van der Waals surface area contributed by atoms with Crippen molar-refractivity contribution in [2.75, 3.05) is 0 Å². The highest BCUT2D eigenvalue weighted by Gasteiger charge is 2.59. The molecule has 0 aromatic carbocycles. The molecule has 4 saturated carbocycles. The van der Waals surface area contributed by atoms with Crippen molar-refractivity contribution in [2.45, 2.75) is 103 Å². The number of terminal acetylenes is 1. The first-order valence-corrected chi connectivity index (χ1v) is 12.4. The van der Waals surface area contributed by atoms with Crippen LogP contribution in [0.2, 0.25) is 0 Å². The first-order valence-electron chi connectivity index (χ1n) is 12.4. The van der Waals surface area contributed by atoms with Crippen molar-refractivity contribution in [3.63, 3.8) is 0 Å². The van der Waals surface area contributed by atoms with Gasteiger partial charge >= 0.3 is 0 Å². The van der Waals surface area contributed by atoms with Gasteiger partial charge in [0.1, 0.15) is 0 Å². The monoisotopic (exact) mass is 396 g/mol. The zero-order valence-electron chi connectivity index (χ0n) is 18.5. The van der Waals surface area contributed by atoms with E-state index in [-0.39, 0.29) is 11.7 Å². The Morgan fingerprint density at radius 3 is 2.62 bits per heavy atom. The Hall–Kier alpha value is -0.780. The van der Waals surface area contributed by atoms with E-state index in [0.29, 0.717) is 22.7 Å². The van der Waals surface area contributed by atoms with Crippen molar-refractivity contribution in [3.05, 3.63) is 11.6 Å². The summed E-state index contributed by atoms with van der Waals surface area (Å²) in [6, 6.07) is 0. The highest BCUT2D eigenvalue weighted by molar-refractivity contribution is 5.25. The predicted octanol–water partition coefficient (Wildman–Crippen LogP) is 5.48. The van der Waals surface area contributed by atoms with Crippen molar-refractivity contribution in [1.82, 2.24) is 0 Å². The molecule has 29 heavy (non-hydrogen) atoms. The van der Waals surface area contributed by atoms with Gasteiger partial charge in [-0.05, 0) is 112 Å². The van der Waals surface area contributed by atoms with Gasteiger partial charge in [0.15, 0.2) is 0 Å². The van der Waals surface area contributed by atoms with Gasteiger partial charge in [-0.25, -0.2) is 0 Å². The highest BCUT2D eigenvalue weighted by atomic mass is 16.3. The quantitative estimate of drug-likeness (QED) is 0.488. The predicted molar refractivity (Wildman–Crippen MR) is 117 cm³/mol. The minimum absolute atomic E-state index is 0.117. The number of hydrogen-bond donors (Lipinski definition) is 2. The topological polar surface area (TPSA) is 40.5 Å². The van der Waals surface area contributed by atoms with Gasteiger partial charge in [0, 0.05) is 5.92 Å². The van der Waals surface area contributed by atoms with Crippen LogP contribution in [-0.2, 0) is 0 Å². The number of rotatable bonds is 4. The lowest BCUT2D eigenvalue weighted by Crippen LogP contribution is -2.50. The first-order chi connectivity index (χ1) is 13.8. The maximum absolute atomic E-state index is 10.3. The minimum atomic E-state index is -0.379. The Balaban J connectivity index is 1.36. The normalized spacial score (nSPS) is 48.5. The second kappa shape index (κ2) is 6.86. The van der Waals surface area contributed by atoms with E-state index in [4.69, 9.17) is 6.42 Å². The number of aliphatic hydroxyl groups excluding tert-OH is 1. The molecule has 5 rings (SSSR count). The molecule has 2 N–H and O–H groups in total. The molecule has 8 unspecified atom stereocenters. The van der Waals surface area contributed by atoms with Gasteiger partial charge in [-0.1, -0.05) is 25.5 Å². The van der Waals surface area contributed by atoms with Gasteiger partial charge in [-0.3, -0.25) is 0 Å². The smallest absolute Gasteiger partial charge is 0.0650 e. The molecule has 0 aromatic heterocycles. The summed E-state index contributed by atoms with van der Waals surface area (Å²) in [5.74, 6) is 6.54. The zero-order valence-corrected chi connectivity index (χ0v) is 18.5. The third kappa shape index (κ3) is 3.14. The number of fused-ring (bicyclic) bond motifs is 5. The molecule has 0 radical (unpaired) electrons. The van der Waals surface area contributed by atoms with E-state index < -0.39 is 0 Å². The summed E-state index contributed by atoms with van der Waals surface area (Å²) >= 11 is 0. The van der Waals surface area contributed by atoms with Gasteiger partial charge < -0.3 is 10.2 Å². The van der Waals surface area contributed by atoms with Crippen LogP contribution < -0.4 is 0 Å². The molecule has 0 saturated heterocycles. The van der Waals surface area contributed by atoms with Crippen LogP contribution in [0.25, 0.3) is 0 Å². The van der Waals surface area contributed by atoms with Crippen molar-refractivity contribution in [1.29, 1.82) is 0 Å². The molecule has 0 heterocycles. The lowest BCUT2D eigenvalue weighted by atomic mass is 9.47. The Morgan fingerprint density at radius 2 is 1.90 bits per heavy atom. The van der Waals surface area contributed by atoms with Crippen molar-refractivity contribution >= 4 is 0 Å². The van der Waals surface area contributed by atoms with E-state index in [9.17, 15) is 10.2 Å². The first kappa shape index (κ1) is 20.1. The number of allylic oxidation sites excluding steroid dienone is 1. The lowest BCUT2D eigenvalue weighted by molar-refractivity contribution is -0.0554. The molecule has 5 aliphatic rings. The Morgan fingerprint density at radius 1 is 1.10 bits per heavy atom. The summed E-state index contributed by atoms with van der Waals surface area (Å²) in [6.45, 7) is 5.07. The van der Waals surface area contributed by atoms with E-state index in [0.717, 1.165) is 56.3 Å². The molecule has 8 atom stereocenters. The molecule has 160 valence electrons. The van der Waals surface area contributed by atoms with Crippen molar-refractivity contribution < 1.29 is 10.2 Å². The molecule has 0 aliphatic heterocycles. The molecular formula is C27H40O2. The van der Waals surface area contributed by atoms with Gasteiger partial charge in [0.2, 0.25) is 0 Å². The van der Waals surface area contributed by atoms with Crippen LogP contribution in [0.3, 0.4) is 0 Å². The fourth-order valence-corrected chi connectivity index (χ4v) is 8.56. The third-order valence-electron chi connectivity index (χ3n) is 10.6. The van der Waals surface area contributed by atoms with E-state index in [1.165, 1.54) is 38.5 Å². The highest BCUT2D eigenvalue weighted by Crippen LogP contribution is 2.67. The van der Waals surface area contributed by atoms with Gasteiger partial charge in [0.05, 0.1) is 11.7 Å². The molecule has 5 aliphatic carbocycles. The molecular weight excluding hydrogens is 356 g/mol. The molecule has 2 nitrogen and oxygen atoms in total. The maximum atomic E-state index is 10.3. The SMILES string of the molecule is C#CC(CCC1(O)CC1)C1CCC2C3CC=C4CC(O)CCC4(C)C3CCC12C. The molecule has 0 bridgehead atoms. The summed E-state index contributed by atoms with van der Waals surface area (Å²) < 4.78 is 0. The fourth-order valence-electron chi connectivity index (χ4n) is 8.56. The second-order valence-electron chi connectivity index (χ2n) is 11.9. The number of aliphatic hydroxyl groups is 2. The van der Waals surface area contributed by atoms with Gasteiger partial charge in [-0.15, -0.1) is 12.3 Å². The summed E-state index contributed by atoms with van der Waals surface area (Å²) in [5.41, 5.74) is 1.88. The standard InChI is InChI=1S/C27H40O2/c1-4-18(9-14-27(29)15-16-27)22-7-8-23-21-6-5-19-17-20(28)10-12-25(19,2)24(21)11-13-26(22,23)3/h1,5,18,20-24,28-29H,6-17H2,2-3H3. The molecule has 2 heteroatoms. The molecule has 0 amide bonds. The Labute approximate surface area is 177 Å². The third-order valence-corrected chi connectivity index (χ3v) is 10.6. The minimum Gasteiger partial charge on any atom is -0.393 e. The average molecular weight is 397 g/mol. The van der Waals surface area contributed by atoms with Crippen LogP contribution in [0.1, 0.15) is 90.9 Å². The fraction of sp³-hybridized carbons (Fsp3) is 0.852. The Bertz CT molecular complexity index is 727. The van der Waals surface area contributed by atoms with E-state index in [1.807, 2.05) is 0 Å².